The molecule has 3 N–H and O–H groups in total. The van der Waals surface area contributed by atoms with Crippen molar-refractivity contribution in [2.75, 3.05) is 13.2 Å². The van der Waals surface area contributed by atoms with Crippen molar-refractivity contribution in [2.45, 2.75) is 19.0 Å². The molecule has 1 aliphatic heterocycles. The van der Waals surface area contributed by atoms with Crippen LogP contribution >= 0.6 is 0 Å². The van der Waals surface area contributed by atoms with Crippen molar-refractivity contribution in [3.8, 4) is 5.75 Å². The lowest BCUT2D eigenvalue weighted by atomic mass is 10.0. The number of carbonyl (C=O) groups excluding carboxylic acids is 1. The van der Waals surface area contributed by atoms with E-state index in [0.29, 0.717) is 26.1 Å². The van der Waals surface area contributed by atoms with Crippen LogP contribution in [0.15, 0.2) is 36.7 Å². The minimum absolute atomic E-state index is 0.0136. The highest BCUT2D eigenvalue weighted by Gasteiger charge is 2.25. The number of aromatic amines is 1. The first-order chi connectivity index (χ1) is 10.3. The number of hydrogen-bond acceptors (Lipinski definition) is 4. The molecule has 1 amide bonds. The molecule has 1 unspecified atom stereocenters. The number of benzene rings is 1. The molecule has 0 saturated heterocycles. The molecule has 2 aromatic rings. The van der Waals surface area contributed by atoms with Gasteiger partial charge in [-0.15, -0.1) is 0 Å². The summed E-state index contributed by atoms with van der Waals surface area (Å²) in [6, 6.07) is 9.33. The van der Waals surface area contributed by atoms with E-state index in [9.17, 15) is 4.79 Å². The van der Waals surface area contributed by atoms with Crippen LogP contribution < -0.4 is 15.4 Å². The van der Waals surface area contributed by atoms with E-state index < -0.39 is 0 Å². The fourth-order valence-corrected chi connectivity index (χ4v) is 2.34. The van der Waals surface area contributed by atoms with Gasteiger partial charge in [-0.25, -0.2) is 4.98 Å². The Hall–Kier alpha value is -2.34. The van der Waals surface area contributed by atoms with Crippen molar-refractivity contribution in [3.05, 3.63) is 48.0 Å². The Morgan fingerprint density at radius 2 is 2.24 bits per heavy atom. The van der Waals surface area contributed by atoms with Crippen LogP contribution in [-0.4, -0.2) is 35.1 Å². The van der Waals surface area contributed by atoms with Crippen LogP contribution in [0.2, 0.25) is 0 Å². The number of rotatable bonds is 5. The van der Waals surface area contributed by atoms with Gasteiger partial charge in [0.05, 0.1) is 30.3 Å². The summed E-state index contributed by atoms with van der Waals surface area (Å²) in [7, 11) is 0. The zero-order valence-corrected chi connectivity index (χ0v) is 11.6. The fourth-order valence-electron chi connectivity index (χ4n) is 2.34. The van der Waals surface area contributed by atoms with E-state index in [1.54, 1.807) is 6.33 Å². The van der Waals surface area contributed by atoms with E-state index in [2.05, 4.69) is 20.6 Å². The molecule has 1 aromatic heterocycles. The van der Waals surface area contributed by atoms with Gasteiger partial charge in [0.1, 0.15) is 12.4 Å². The molecule has 0 saturated carbocycles. The molecule has 2 heterocycles. The molecule has 6 heteroatoms. The van der Waals surface area contributed by atoms with Gasteiger partial charge in [0.15, 0.2) is 0 Å². The number of aromatic nitrogens is 2. The zero-order chi connectivity index (χ0) is 14.5. The number of ether oxygens (including phenoxy) is 1. The SMILES string of the molecule is O=C(NCCOc1ccccc1)C1Cc2nc[nH]c2CN1. The van der Waals surface area contributed by atoms with Gasteiger partial charge in [-0.1, -0.05) is 18.2 Å². The highest BCUT2D eigenvalue weighted by molar-refractivity contribution is 5.82. The number of H-pyrrole nitrogens is 1. The maximum atomic E-state index is 12.1. The quantitative estimate of drug-likeness (QED) is 0.704. The number of amides is 1. The average Bonchev–Trinajstić information content (AvgIpc) is 3.00. The Kier molecular flexibility index (Phi) is 4.16. The first-order valence-corrected chi connectivity index (χ1v) is 7.03. The Labute approximate surface area is 122 Å². The van der Waals surface area contributed by atoms with Crippen LogP contribution in [0, 0.1) is 0 Å². The summed E-state index contributed by atoms with van der Waals surface area (Å²) in [6.07, 6.45) is 2.28. The monoisotopic (exact) mass is 286 g/mol. The standard InChI is InChI=1S/C15H18N4O2/c20-15(13-8-12-14(9-17-13)19-10-18-12)16-6-7-21-11-4-2-1-3-5-11/h1-5,10,13,17H,6-9H2,(H,16,20)(H,18,19). The summed E-state index contributed by atoms with van der Waals surface area (Å²) in [6.45, 7) is 1.59. The second-order valence-electron chi connectivity index (χ2n) is 4.92. The maximum absolute atomic E-state index is 12.1. The molecule has 6 nitrogen and oxygen atoms in total. The van der Waals surface area contributed by atoms with Gasteiger partial charge in [-0.05, 0) is 12.1 Å². The van der Waals surface area contributed by atoms with E-state index in [0.717, 1.165) is 17.1 Å². The topological polar surface area (TPSA) is 79.0 Å². The number of nitrogens with one attached hydrogen (secondary N) is 3. The van der Waals surface area contributed by atoms with Crippen LogP contribution in [0.25, 0.3) is 0 Å². The summed E-state index contributed by atoms with van der Waals surface area (Å²) in [5, 5.41) is 6.08. The van der Waals surface area contributed by atoms with E-state index in [1.165, 1.54) is 0 Å². The lowest BCUT2D eigenvalue weighted by Crippen LogP contribution is -2.48. The van der Waals surface area contributed by atoms with Gasteiger partial charge >= 0.3 is 0 Å². The van der Waals surface area contributed by atoms with Crippen molar-refractivity contribution >= 4 is 5.91 Å². The Bertz CT molecular complexity index is 597. The van der Waals surface area contributed by atoms with Crippen molar-refractivity contribution in [3.63, 3.8) is 0 Å². The summed E-state index contributed by atoms with van der Waals surface area (Å²) in [4.78, 5) is 19.4. The van der Waals surface area contributed by atoms with E-state index in [-0.39, 0.29) is 11.9 Å². The van der Waals surface area contributed by atoms with Gasteiger partial charge in [-0.3, -0.25) is 10.1 Å². The normalized spacial score (nSPS) is 17.0. The molecular formula is C15H18N4O2. The predicted molar refractivity (Wildman–Crippen MR) is 77.9 cm³/mol. The molecule has 0 bridgehead atoms. The fraction of sp³-hybridized carbons (Fsp3) is 0.333. The molecule has 0 spiro atoms. The summed E-state index contributed by atoms with van der Waals surface area (Å²) in [5.41, 5.74) is 2.03. The molecule has 0 aliphatic carbocycles. The minimum Gasteiger partial charge on any atom is -0.492 e. The van der Waals surface area contributed by atoms with Gasteiger partial charge in [0.25, 0.3) is 0 Å². The largest absolute Gasteiger partial charge is 0.492 e. The van der Waals surface area contributed by atoms with Gasteiger partial charge < -0.3 is 15.0 Å². The van der Waals surface area contributed by atoms with Gasteiger partial charge in [0, 0.05) is 13.0 Å². The number of imidazole rings is 1. The van der Waals surface area contributed by atoms with Crippen molar-refractivity contribution < 1.29 is 9.53 Å². The zero-order valence-electron chi connectivity index (χ0n) is 11.6. The second-order valence-corrected chi connectivity index (χ2v) is 4.92. The number of carbonyl (C=O) groups is 1. The summed E-state index contributed by atoms with van der Waals surface area (Å²) >= 11 is 0. The van der Waals surface area contributed by atoms with E-state index in [4.69, 9.17) is 4.74 Å². The molecule has 21 heavy (non-hydrogen) atoms. The third-order valence-corrected chi connectivity index (χ3v) is 3.46. The average molecular weight is 286 g/mol. The van der Waals surface area contributed by atoms with E-state index >= 15 is 0 Å². The van der Waals surface area contributed by atoms with Crippen molar-refractivity contribution in [1.29, 1.82) is 0 Å². The number of nitrogens with zero attached hydrogens (tertiary/aromatic N) is 1. The maximum Gasteiger partial charge on any atom is 0.237 e. The van der Waals surface area contributed by atoms with Crippen LogP contribution in [0.1, 0.15) is 11.4 Å². The number of para-hydroxylation sites is 1. The molecule has 1 atom stereocenters. The Balaban J connectivity index is 1.41. The molecular weight excluding hydrogens is 268 g/mol. The first kappa shape index (κ1) is 13.6. The summed E-state index contributed by atoms with van der Waals surface area (Å²) < 4.78 is 5.54. The third kappa shape index (κ3) is 3.41. The van der Waals surface area contributed by atoms with Crippen LogP contribution in [0.3, 0.4) is 0 Å². The lowest BCUT2D eigenvalue weighted by molar-refractivity contribution is -0.123. The van der Waals surface area contributed by atoms with Crippen LogP contribution in [0.4, 0.5) is 0 Å². The van der Waals surface area contributed by atoms with Crippen molar-refractivity contribution in [2.24, 2.45) is 0 Å². The molecule has 110 valence electrons. The van der Waals surface area contributed by atoms with Crippen molar-refractivity contribution in [1.82, 2.24) is 20.6 Å². The van der Waals surface area contributed by atoms with E-state index in [1.807, 2.05) is 30.3 Å². The predicted octanol–water partition coefficient (Wildman–Crippen LogP) is 0.619. The summed E-state index contributed by atoms with van der Waals surface area (Å²) in [5.74, 6) is 0.795. The van der Waals surface area contributed by atoms with Gasteiger partial charge in [0.2, 0.25) is 5.91 Å². The second kappa shape index (κ2) is 6.41. The first-order valence-electron chi connectivity index (χ1n) is 7.03. The van der Waals surface area contributed by atoms with Crippen LogP contribution in [-0.2, 0) is 17.8 Å². The van der Waals surface area contributed by atoms with Gasteiger partial charge in [-0.2, -0.15) is 0 Å². The Morgan fingerprint density at radius 1 is 1.38 bits per heavy atom. The third-order valence-electron chi connectivity index (χ3n) is 3.46. The minimum atomic E-state index is -0.225. The lowest BCUT2D eigenvalue weighted by Gasteiger charge is -2.22. The highest BCUT2D eigenvalue weighted by Crippen LogP contribution is 2.12. The smallest absolute Gasteiger partial charge is 0.237 e. The molecule has 0 radical (unpaired) electrons. The Morgan fingerprint density at radius 3 is 3.10 bits per heavy atom. The van der Waals surface area contributed by atoms with Crippen LogP contribution in [0.5, 0.6) is 5.75 Å². The molecule has 1 aliphatic rings. The number of fused-ring (bicyclic) bond motifs is 1. The molecule has 3 rings (SSSR count). The molecule has 0 fully saturated rings. The number of hydrogen-bond donors (Lipinski definition) is 3. The highest BCUT2D eigenvalue weighted by atomic mass is 16.5. The molecule has 1 aromatic carbocycles.